The first-order valence-corrected chi connectivity index (χ1v) is 8.31. The van der Waals surface area contributed by atoms with E-state index >= 15 is 0 Å². The number of nitrogens with one attached hydrogen (secondary N) is 1. The second-order valence-electron chi connectivity index (χ2n) is 5.92. The average Bonchev–Trinajstić information content (AvgIpc) is 2.94. The summed E-state index contributed by atoms with van der Waals surface area (Å²) in [6.07, 6.45) is 2.87. The molecular weight excluding hydrogens is 321 g/mol. The predicted molar refractivity (Wildman–Crippen MR) is 73.4 cm³/mol. The number of carbonyl (C=O) groups excluding carboxylic acids is 2. The van der Waals surface area contributed by atoms with Crippen molar-refractivity contribution in [3.8, 4) is 0 Å². The minimum atomic E-state index is -4.00. The van der Waals surface area contributed by atoms with E-state index in [2.05, 4.69) is 5.32 Å². The zero-order valence-electron chi connectivity index (χ0n) is 13.1. The summed E-state index contributed by atoms with van der Waals surface area (Å²) in [5.74, 6) is -2.38. The number of rotatable bonds is 8. The molecule has 1 atom stereocenters. The summed E-state index contributed by atoms with van der Waals surface area (Å²) in [5, 5.41) is 13.3. The largest absolute Gasteiger partial charge is 1.00 e. The molecule has 0 saturated heterocycles. The number of carboxylic acids is 1. The van der Waals surface area contributed by atoms with E-state index in [0.717, 1.165) is 0 Å². The molecule has 2 N–H and O–H groups in total. The summed E-state index contributed by atoms with van der Waals surface area (Å²) >= 11 is 0. The third-order valence-electron chi connectivity index (χ3n) is 3.51. The first kappa shape index (κ1) is 21.6. The predicted octanol–water partition coefficient (Wildman–Crippen LogP) is -3.16. The van der Waals surface area contributed by atoms with Crippen molar-refractivity contribution in [3.05, 3.63) is 11.8 Å². The van der Waals surface area contributed by atoms with Crippen LogP contribution in [0, 0.1) is 11.3 Å². The smallest absolute Gasteiger partial charge is 0.543 e. The molecule has 0 aliphatic heterocycles. The Bertz CT molecular complexity index is 555. The van der Waals surface area contributed by atoms with Crippen LogP contribution in [0.1, 0.15) is 39.5 Å². The molecule has 120 valence electrons. The molecule has 1 aliphatic carbocycles. The Morgan fingerprint density at radius 1 is 1.36 bits per heavy atom. The molecule has 0 aromatic rings. The van der Waals surface area contributed by atoms with Crippen molar-refractivity contribution in [1.29, 1.82) is 0 Å². The van der Waals surface area contributed by atoms with Gasteiger partial charge in [-0.05, 0) is 31.1 Å². The topological polar surface area (TPSA) is 124 Å². The van der Waals surface area contributed by atoms with Gasteiger partial charge in [-0.3, -0.25) is 9.35 Å². The molecule has 1 rings (SSSR count). The molecule has 22 heavy (non-hydrogen) atoms. The Morgan fingerprint density at radius 3 is 2.32 bits per heavy atom. The Labute approximate surface area is 152 Å². The maximum absolute atomic E-state index is 11.8. The quantitative estimate of drug-likeness (QED) is 0.208. The van der Waals surface area contributed by atoms with Crippen molar-refractivity contribution in [2.24, 2.45) is 11.3 Å². The number of unbranched alkanes of at least 4 members (excludes halogenated alkanes) is 2. The van der Waals surface area contributed by atoms with Crippen molar-refractivity contribution in [2.75, 3.05) is 5.75 Å². The third-order valence-corrected chi connectivity index (χ3v) is 4.32. The second kappa shape index (κ2) is 8.44. The summed E-state index contributed by atoms with van der Waals surface area (Å²) in [6, 6.07) is 0. The summed E-state index contributed by atoms with van der Waals surface area (Å²) in [4.78, 5) is 22.7. The van der Waals surface area contributed by atoms with Gasteiger partial charge in [0, 0.05) is 5.92 Å². The van der Waals surface area contributed by atoms with E-state index in [9.17, 15) is 23.1 Å². The summed E-state index contributed by atoms with van der Waals surface area (Å²) in [6.45, 7) is 3.85. The van der Waals surface area contributed by atoms with Gasteiger partial charge in [-0.2, -0.15) is 8.42 Å². The van der Waals surface area contributed by atoms with Crippen molar-refractivity contribution >= 4 is 22.0 Å². The van der Waals surface area contributed by atoms with Crippen LogP contribution in [0.3, 0.4) is 0 Å². The van der Waals surface area contributed by atoms with Crippen molar-refractivity contribution < 1.29 is 57.2 Å². The molecule has 9 heteroatoms. The molecule has 0 aromatic carbocycles. The van der Waals surface area contributed by atoms with E-state index in [-0.39, 0.29) is 71.1 Å². The van der Waals surface area contributed by atoms with Crippen LogP contribution in [-0.4, -0.2) is 30.6 Å². The molecule has 7 nitrogen and oxygen atoms in total. The van der Waals surface area contributed by atoms with Gasteiger partial charge in [0.05, 0.1) is 17.4 Å². The summed E-state index contributed by atoms with van der Waals surface area (Å²) in [5.41, 5.74) is -0.397. The van der Waals surface area contributed by atoms with Gasteiger partial charge in [0.2, 0.25) is 5.91 Å². The fourth-order valence-corrected chi connectivity index (χ4v) is 2.56. The van der Waals surface area contributed by atoms with Crippen LogP contribution in [0.4, 0.5) is 0 Å². The van der Waals surface area contributed by atoms with Crippen LogP contribution in [0.25, 0.3) is 0 Å². The number of carboxylic acid groups (broad SMARTS) is 1. The number of hydrogen-bond acceptors (Lipinski definition) is 5. The maximum Gasteiger partial charge on any atom is 1.00 e. The summed E-state index contributed by atoms with van der Waals surface area (Å²) in [7, 11) is -4.00. The minimum Gasteiger partial charge on any atom is -0.543 e. The Hall–Kier alpha value is -0.410. The maximum atomic E-state index is 11.8. The zero-order valence-corrected chi connectivity index (χ0v) is 15.9. The van der Waals surface area contributed by atoms with E-state index in [4.69, 9.17) is 4.55 Å². The van der Waals surface area contributed by atoms with Gasteiger partial charge in [-0.15, -0.1) is 0 Å². The normalized spacial score (nSPS) is 20.0. The van der Waals surface area contributed by atoms with Crippen LogP contribution in [0.5, 0.6) is 0 Å². The van der Waals surface area contributed by atoms with Gasteiger partial charge < -0.3 is 15.2 Å². The van der Waals surface area contributed by atoms with Crippen LogP contribution in [0.2, 0.25) is 0 Å². The van der Waals surface area contributed by atoms with Gasteiger partial charge in [0.25, 0.3) is 10.1 Å². The standard InChI is InChI=1S/C13H21NO6S.Na/c1-13(2)8-9(13)11(15)14-10(12(16)17)6-4-3-5-7-21(18,19)20;/h6,9H,3-5,7-8H2,1-2H3,(H,14,15)(H,16,17)(H,18,19,20);/q;+1/p-1/b10-6-;. The first-order chi connectivity index (χ1) is 9.53. The first-order valence-electron chi connectivity index (χ1n) is 6.70. The van der Waals surface area contributed by atoms with Crippen LogP contribution < -0.4 is 40.0 Å². The second-order valence-corrected chi connectivity index (χ2v) is 7.49. The minimum absolute atomic E-state index is 0. The molecule has 0 bridgehead atoms. The molecule has 0 aromatic heterocycles. The number of allylic oxidation sites excluding steroid dienone is 1. The molecule has 0 radical (unpaired) electrons. The number of aliphatic carboxylic acids is 1. The third kappa shape index (κ3) is 7.73. The van der Waals surface area contributed by atoms with Crippen molar-refractivity contribution in [1.82, 2.24) is 5.32 Å². The van der Waals surface area contributed by atoms with Gasteiger partial charge in [0.1, 0.15) is 0 Å². The van der Waals surface area contributed by atoms with Gasteiger partial charge in [-0.1, -0.05) is 19.9 Å². The van der Waals surface area contributed by atoms with Gasteiger partial charge in [-0.25, -0.2) is 0 Å². The van der Waals surface area contributed by atoms with E-state index in [0.29, 0.717) is 12.8 Å². The Balaban J connectivity index is 0.00000441. The molecule has 1 aliphatic rings. The molecule has 0 spiro atoms. The number of carbonyl (C=O) groups is 2. The van der Waals surface area contributed by atoms with E-state index in [1.165, 1.54) is 6.08 Å². The molecule has 1 amide bonds. The van der Waals surface area contributed by atoms with Gasteiger partial charge >= 0.3 is 29.6 Å². The molecule has 0 heterocycles. The fraction of sp³-hybridized carbons (Fsp3) is 0.692. The molecule has 1 unspecified atom stereocenters. The Morgan fingerprint density at radius 2 is 1.91 bits per heavy atom. The van der Waals surface area contributed by atoms with Crippen molar-refractivity contribution in [3.63, 3.8) is 0 Å². The van der Waals surface area contributed by atoms with Crippen LogP contribution in [-0.2, 0) is 19.7 Å². The monoisotopic (exact) mass is 341 g/mol. The van der Waals surface area contributed by atoms with E-state index in [1.54, 1.807) is 0 Å². The molecule has 1 saturated carbocycles. The van der Waals surface area contributed by atoms with E-state index in [1.807, 2.05) is 13.8 Å². The Kier molecular flexibility index (Phi) is 8.29. The summed E-state index contributed by atoms with van der Waals surface area (Å²) < 4.78 is 29.6. The van der Waals surface area contributed by atoms with Gasteiger partial charge in [0.15, 0.2) is 0 Å². The molecular formula is C13H20NNaO6S. The molecule has 1 fully saturated rings. The number of amides is 1. The van der Waals surface area contributed by atoms with Crippen molar-refractivity contribution in [2.45, 2.75) is 39.5 Å². The van der Waals surface area contributed by atoms with E-state index < -0.39 is 16.1 Å². The average molecular weight is 341 g/mol. The SMILES string of the molecule is CC1(C)CC1C(=O)N/C(=C\CCCCS(=O)(=O)O)C(=O)[O-].[Na+]. The fourth-order valence-electron chi connectivity index (χ4n) is 2.00. The van der Waals surface area contributed by atoms with Crippen LogP contribution in [0.15, 0.2) is 11.8 Å². The number of hydrogen-bond donors (Lipinski definition) is 2. The van der Waals surface area contributed by atoms with Crippen LogP contribution >= 0.6 is 0 Å². The zero-order chi connectivity index (χ0) is 16.3.